The third-order valence-electron chi connectivity index (χ3n) is 5.25. The lowest BCUT2D eigenvalue weighted by Gasteiger charge is -2.56. The number of amides is 1. The van der Waals surface area contributed by atoms with Gasteiger partial charge >= 0.3 is 0 Å². The van der Waals surface area contributed by atoms with Crippen molar-refractivity contribution in [2.45, 2.75) is 18.7 Å². The minimum atomic E-state index is -0.997. The van der Waals surface area contributed by atoms with Crippen LogP contribution in [0.5, 0.6) is 5.75 Å². The lowest BCUT2D eigenvalue weighted by Crippen LogP contribution is -2.72. The standard InChI is InChI=1S/C20H19BrClN3O2S/c1-20-16(18(26)24(2)3)17(14-10-11(21)4-9-15(14)27-20)23-19(28)25(20)13-7-5-12(22)6-8-13/h4-10,16-17H,1-3H3,(H,23,28). The highest BCUT2D eigenvalue weighted by Gasteiger charge is 2.59. The van der Waals surface area contributed by atoms with Gasteiger partial charge in [-0.3, -0.25) is 9.69 Å². The molecule has 2 bridgehead atoms. The van der Waals surface area contributed by atoms with Crippen LogP contribution < -0.4 is 15.0 Å². The lowest BCUT2D eigenvalue weighted by atomic mass is 9.78. The Labute approximate surface area is 182 Å². The van der Waals surface area contributed by atoms with E-state index in [4.69, 9.17) is 28.6 Å². The maximum absolute atomic E-state index is 13.3. The molecule has 2 heterocycles. The summed E-state index contributed by atoms with van der Waals surface area (Å²) in [7, 11) is 3.51. The summed E-state index contributed by atoms with van der Waals surface area (Å²) >= 11 is 15.3. The number of carbonyl (C=O) groups is 1. The van der Waals surface area contributed by atoms with E-state index in [0.717, 1.165) is 21.5 Å². The van der Waals surface area contributed by atoms with E-state index in [9.17, 15) is 4.79 Å². The third-order valence-corrected chi connectivity index (χ3v) is 6.30. The van der Waals surface area contributed by atoms with Gasteiger partial charge in [-0.25, -0.2) is 0 Å². The van der Waals surface area contributed by atoms with Gasteiger partial charge in [0, 0.05) is 34.8 Å². The first-order valence-corrected chi connectivity index (χ1v) is 10.4. The van der Waals surface area contributed by atoms with Crippen molar-refractivity contribution < 1.29 is 9.53 Å². The van der Waals surface area contributed by atoms with Crippen LogP contribution in [0.25, 0.3) is 0 Å². The number of nitrogens with zero attached hydrogens (tertiary/aromatic N) is 2. The highest BCUT2D eigenvalue weighted by Crippen LogP contribution is 2.50. The normalized spacial score (nSPS) is 25.5. The molecule has 28 heavy (non-hydrogen) atoms. The summed E-state index contributed by atoms with van der Waals surface area (Å²) in [6, 6.07) is 12.9. The number of halogens is 2. The smallest absolute Gasteiger partial charge is 0.233 e. The third kappa shape index (κ3) is 2.96. The van der Waals surface area contributed by atoms with E-state index in [1.54, 1.807) is 31.1 Å². The number of fused-ring (bicyclic) bond motifs is 4. The van der Waals surface area contributed by atoms with Crippen LogP contribution in [0.3, 0.4) is 0 Å². The molecule has 0 aliphatic carbocycles. The number of rotatable bonds is 2. The minimum absolute atomic E-state index is 0.0351. The van der Waals surface area contributed by atoms with E-state index in [1.807, 2.05) is 42.2 Å². The van der Waals surface area contributed by atoms with Gasteiger partial charge in [0.25, 0.3) is 0 Å². The van der Waals surface area contributed by atoms with Crippen molar-refractivity contribution in [3.8, 4) is 5.75 Å². The molecule has 146 valence electrons. The molecule has 2 aromatic rings. The van der Waals surface area contributed by atoms with E-state index >= 15 is 0 Å². The van der Waals surface area contributed by atoms with Crippen molar-refractivity contribution in [3.05, 3.63) is 57.5 Å². The fourth-order valence-electron chi connectivity index (χ4n) is 3.99. The van der Waals surface area contributed by atoms with Crippen LogP contribution >= 0.6 is 39.7 Å². The summed E-state index contributed by atoms with van der Waals surface area (Å²) in [6.45, 7) is 1.92. The summed E-state index contributed by atoms with van der Waals surface area (Å²) in [5.74, 6) is 0.186. The highest BCUT2D eigenvalue weighted by molar-refractivity contribution is 9.10. The van der Waals surface area contributed by atoms with Gasteiger partial charge in [-0.1, -0.05) is 27.5 Å². The number of anilines is 1. The Morgan fingerprint density at radius 1 is 1.29 bits per heavy atom. The van der Waals surface area contributed by atoms with Crippen molar-refractivity contribution in [3.63, 3.8) is 0 Å². The second-order valence-electron chi connectivity index (χ2n) is 7.29. The minimum Gasteiger partial charge on any atom is -0.467 e. The van der Waals surface area contributed by atoms with Gasteiger partial charge in [0.05, 0.1) is 6.04 Å². The topological polar surface area (TPSA) is 44.8 Å². The number of benzene rings is 2. The molecule has 3 atom stereocenters. The molecular weight excluding hydrogens is 462 g/mol. The number of hydrogen-bond donors (Lipinski definition) is 1. The van der Waals surface area contributed by atoms with Crippen LogP contribution in [0.4, 0.5) is 5.69 Å². The second kappa shape index (κ2) is 6.90. The largest absolute Gasteiger partial charge is 0.467 e. The highest BCUT2D eigenvalue weighted by atomic mass is 79.9. The molecule has 4 rings (SSSR count). The van der Waals surface area contributed by atoms with Gasteiger partial charge in [-0.2, -0.15) is 0 Å². The SMILES string of the molecule is CN(C)C(=O)C1C2NC(=S)N(c3ccc(Cl)cc3)C1(C)Oc1ccc(Br)cc12. The van der Waals surface area contributed by atoms with Crippen molar-refractivity contribution in [2.24, 2.45) is 5.92 Å². The maximum atomic E-state index is 13.3. The van der Waals surface area contributed by atoms with Gasteiger partial charge < -0.3 is 15.0 Å². The van der Waals surface area contributed by atoms with Crippen LogP contribution in [0.1, 0.15) is 18.5 Å². The average Bonchev–Trinajstić information content (AvgIpc) is 2.63. The van der Waals surface area contributed by atoms with Gasteiger partial charge in [0.2, 0.25) is 5.91 Å². The first-order chi connectivity index (χ1) is 13.2. The molecule has 5 nitrogen and oxygen atoms in total. The second-order valence-corrected chi connectivity index (χ2v) is 9.03. The number of thiocarbonyl (C=S) groups is 1. The Bertz CT molecular complexity index is 968. The molecule has 0 spiro atoms. The van der Waals surface area contributed by atoms with E-state index < -0.39 is 11.6 Å². The monoisotopic (exact) mass is 479 g/mol. The number of hydrogen-bond acceptors (Lipinski definition) is 3. The molecule has 0 saturated carbocycles. The molecule has 1 amide bonds. The average molecular weight is 481 g/mol. The van der Waals surface area contributed by atoms with Crippen LogP contribution in [-0.4, -0.2) is 35.7 Å². The zero-order chi connectivity index (χ0) is 20.2. The van der Waals surface area contributed by atoms with Crippen LogP contribution in [0.2, 0.25) is 5.02 Å². The van der Waals surface area contributed by atoms with Crippen molar-refractivity contribution in [1.82, 2.24) is 10.2 Å². The Balaban J connectivity index is 1.91. The van der Waals surface area contributed by atoms with Crippen molar-refractivity contribution in [2.75, 3.05) is 19.0 Å². The van der Waals surface area contributed by atoms with E-state index in [1.165, 1.54) is 0 Å². The predicted molar refractivity (Wildman–Crippen MR) is 118 cm³/mol. The fourth-order valence-corrected chi connectivity index (χ4v) is 4.91. The van der Waals surface area contributed by atoms with Gasteiger partial charge in [0.15, 0.2) is 10.8 Å². The molecule has 2 aromatic carbocycles. The van der Waals surface area contributed by atoms with Gasteiger partial charge in [-0.15, -0.1) is 0 Å². The number of nitrogens with one attached hydrogen (secondary N) is 1. The summed E-state index contributed by atoms with van der Waals surface area (Å²) < 4.78 is 7.41. The van der Waals surface area contributed by atoms with Crippen molar-refractivity contribution in [1.29, 1.82) is 0 Å². The zero-order valence-corrected chi connectivity index (χ0v) is 18.7. The number of carbonyl (C=O) groups excluding carboxylic acids is 1. The summed E-state index contributed by atoms with van der Waals surface area (Å²) in [5.41, 5.74) is 0.716. The Kier molecular flexibility index (Phi) is 4.80. The number of ether oxygens (including phenoxy) is 1. The Morgan fingerprint density at radius 3 is 2.61 bits per heavy atom. The first kappa shape index (κ1) is 19.5. The Hall–Kier alpha value is -1.83. The van der Waals surface area contributed by atoms with Crippen LogP contribution in [0.15, 0.2) is 46.9 Å². The molecule has 3 unspecified atom stereocenters. The quantitative estimate of drug-likeness (QED) is 0.648. The van der Waals surface area contributed by atoms with E-state index in [2.05, 4.69) is 21.2 Å². The molecule has 1 fully saturated rings. The predicted octanol–water partition coefficient (Wildman–Crippen LogP) is 4.35. The van der Waals surface area contributed by atoms with Crippen molar-refractivity contribution >= 4 is 56.5 Å². The summed E-state index contributed by atoms with van der Waals surface area (Å²) in [5, 5.41) is 4.51. The van der Waals surface area contributed by atoms with Gasteiger partial charge in [0.1, 0.15) is 11.7 Å². The molecule has 1 saturated heterocycles. The molecule has 0 radical (unpaired) electrons. The molecule has 0 aromatic heterocycles. The summed E-state index contributed by atoms with van der Waals surface area (Å²) in [6.07, 6.45) is 0. The van der Waals surface area contributed by atoms with Crippen LogP contribution in [-0.2, 0) is 4.79 Å². The molecule has 1 N–H and O–H groups in total. The zero-order valence-electron chi connectivity index (χ0n) is 15.6. The lowest BCUT2D eigenvalue weighted by molar-refractivity contribution is -0.144. The molecular formula is C20H19BrClN3O2S. The molecule has 2 aliphatic heterocycles. The molecule has 2 aliphatic rings. The van der Waals surface area contributed by atoms with E-state index in [0.29, 0.717) is 10.1 Å². The van der Waals surface area contributed by atoms with Gasteiger partial charge in [-0.05, 0) is 61.6 Å². The fraction of sp³-hybridized carbons (Fsp3) is 0.300. The molecule has 8 heteroatoms. The maximum Gasteiger partial charge on any atom is 0.233 e. The van der Waals surface area contributed by atoms with E-state index in [-0.39, 0.29) is 11.9 Å². The summed E-state index contributed by atoms with van der Waals surface area (Å²) in [4.78, 5) is 16.7. The first-order valence-electron chi connectivity index (χ1n) is 8.78. The van der Waals surface area contributed by atoms with Crippen LogP contribution in [0, 0.1) is 5.92 Å². The Morgan fingerprint density at radius 2 is 1.96 bits per heavy atom.